The van der Waals surface area contributed by atoms with Crippen molar-refractivity contribution in [2.24, 2.45) is 0 Å². The van der Waals surface area contributed by atoms with Crippen LogP contribution in [-0.2, 0) is 0 Å². The average molecular weight is 334 g/mol. The Morgan fingerprint density at radius 3 is 2.70 bits per heavy atom. The predicted molar refractivity (Wildman–Crippen MR) is 87.1 cm³/mol. The molecule has 23 heavy (non-hydrogen) atoms. The lowest BCUT2D eigenvalue weighted by molar-refractivity contribution is 0.413. The smallest absolute Gasteiger partial charge is 0.179 e. The quantitative estimate of drug-likeness (QED) is 0.814. The van der Waals surface area contributed by atoms with Gasteiger partial charge in [0.05, 0.1) is 37.0 Å². The molecule has 0 aliphatic carbocycles. The van der Waals surface area contributed by atoms with Crippen LogP contribution >= 0.6 is 11.6 Å². The van der Waals surface area contributed by atoms with Gasteiger partial charge in [0.25, 0.3) is 0 Å². The fraction of sp³-hybridized carbons (Fsp3) is 0.0667. The van der Waals surface area contributed by atoms with E-state index < -0.39 is 5.83 Å². The molecular weight excluding hydrogens is 321 g/mol. The summed E-state index contributed by atoms with van der Waals surface area (Å²) in [6, 6.07) is 1.69. The van der Waals surface area contributed by atoms with E-state index in [4.69, 9.17) is 16.3 Å². The van der Waals surface area contributed by atoms with E-state index in [-0.39, 0.29) is 16.4 Å². The molecule has 1 N–H and O–H groups in total. The summed E-state index contributed by atoms with van der Waals surface area (Å²) in [7, 11) is 1.47. The normalized spacial score (nSPS) is 11.0. The SMILES string of the molecule is C=C(Cl)/C=C(\C(=C)F)c1ncc(OC)c(Nc2ccnnc2)n1. The van der Waals surface area contributed by atoms with Crippen LogP contribution in [0.4, 0.5) is 15.9 Å². The highest BCUT2D eigenvalue weighted by Crippen LogP contribution is 2.28. The monoisotopic (exact) mass is 333 g/mol. The Bertz CT molecular complexity index is 764. The van der Waals surface area contributed by atoms with Crippen LogP contribution < -0.4 is 10.1 Å². The summed E-state index contributed by atoms with van der Waals surface area (Å²) in [6.45, 7) is 6.75. The van der Waals surface area contributed by atoms with E-state index in [2.05, 4.69) is 38.6 Å². The van der Waals surface area contributed by atoms with Crippen molar-refractivity contribution in [1.29, 1.82) is 0 Å². The van der Waals surface area contributed by atoms with Gasteiger partial charge < -0.3 is 10.1 Å². The molecule has 0 unspecified atom stereocenters. The number of nitrogens with one attached hydrogen (secondary N) is 1. The first-order chi connectivity index (χ1) is 11.0. The van der Waals surface area contributed by atoms with E-state index in [9.17, 15) is 4.39 Å². The van der Waals surface area contributed by atoms with Gasteiger partial charge in [-0.3, -0.25) is 0 Å². The molecule has 0 fully saturated rings. The first kappa shape index (κ1) is 16.6. The number of ether oxygens (including phenoxy) is 1. The Balaban J connectivity index is 2.46. The Morgan fingerprint density at radius 2 is 2.13 bits per heavy atom. The molecule has 0 saturated carbocycles. The number of methoxy groups -OCH3 is 1. The van der Waals surface area contributed by atoms with Crippen molar-refractivity contribution in [3.63, 3.8) is 0 Å². The lowest BCUT2D eigenvalue weighted by Gasteiger charge is -2.11. The lowest BCUT2D eigenvalue weighted by Crippen LogP contribution is -2.03. The molecule has 0 aromatic carbocycles. The molecule has 0 amide bonds. The zero-order valence-corrected chi connectivity index (χ0v) is 13.0. The van der Waals surface area contributed by atoms with Crippen LogP contribution in [0.5, 0.6) is 5.75 Å². The lowest BCUT2D eigenvalue weighted by atomic mass is 10.2. The van der Waals surface area contributed by atoms with Gasteiger partial charge in [0, 0.05) is 5.03 Å². The third kappa shape index (κ3) is 4.33. The van der Waals surface area contributed by atoms with Crippen molar-refractivity contribution in [3.8, 4) is 5.75 Å². The third-order valence-corrected chi connectivity index (χ3v) is 2.77. The minimum atomic E-state index is -0.728. The van der Waals surface area contributed by atoms with Gasteiger partial charge in [0.2, 0.25) is 0 Å². The highest BCUT2D eigenvalue weighted by atomic mass is 35.5. The number of halogens is 2. The molecule has 118 valence electrons. The first-order valence-corrected chi connectivity index (χ1v) is 6.75. The molecule has 2 heterocycles. The molecule has 2 aromatic rings. The number of rotatable bonds is 6. The zero-order valence-electron chi connectivity index (χ0n) is 12.3. The fourth-order valence-corrected chi connectivity index (χ4v) is 1.77. The summed E-state index contributed by atoms with van der Waals surface area (Å²) >= 11 is 5.70. The standard InChI is InChI=1S/C15H13ClFN5O/c1-9(16)6-12(10(2)17)14-18-8-13(23-3)15(22-14)21-11-4-5-19-20-7-11/h4-8H,1-2H2,3H3,(H,18,19,21,22)/b12-6+. The number of nitrogens with zero attached hydrogens (tertiary/aromatic N) is 4. The largest absolute Gasteiger partial charge is 0.491 e. The van der Waals surface area contributed by atoms with Crippen LogP contribution in [0, 0.1) is 0 Å². The number of hydrogen-bond donors (Lipinski definition) is 1. The fourth-order valence-electron chi connectivity index (χ4n) is 1.66. The van der Waals surface area contributed by atoms with Crippen molar-refractivity contribution in [2.45, 2.75) is 0 Å². The van der Waals surface area contributed by atoms with Crippen molar-refractivity contribution >= 4 is 28.7 Å². The Labute approximate surface area is 137 Å². The second kappa shape index (κ2) is 7.46. The summed E-state index contributed by atoms with van der Waals surface area (Å²) in [6.07, 6.45) is 5.73. The zero-order chi connectivity index (χ0) is 16.8. The van der Waals surface area contributed by atoms with Gasteiger partial charge in [-0.1, -0.05) is 24.8 Å². The van der Waals surface area contributed by atoms with Gasteiger partial charge >= 0.3 is 0 Å². The highest BCUT2D eigenvalue weighted by molar-refractivity contribution is 6.31. The predicted octanol–water partition coefficient (Wildman–Crippen LogP) is 3.64. The summed E-state index contributed by atoms with van der Waals surface area (Å²) in [5.74, 6) is 0.0648. The third-order valence-electron chi connectivity index (χ3n) is 2.66. The van der Waals surface area contributed by atoms with Crippen LogP contribution in [-0.4, -0.2) is 27.3 Å². The summed E-state index contributed by atoms with van der Waals surface area (Å²) in [5, 5.41) is 10.6. The number of allylic oxidation sites excluding steroid dienone is 4. The topological polar surface area (TPSA) is 72.8 Å². The maximum atomic E-state index is 13.6. The number of anilines is 2. The molecule has 0 radical (unpaired) electrons. The van der Waals surface area contributed by atoms with Gasteiger partial charge in [0.1, 0.15) is 5.83 Å². The highest BCUT2D eigenvalue weighted by Gasteiger charge is 2.14. The van der Waals surface area contributed by atoms with Crippen LogP contribution in [0.15, 0.2) is 54.7 Å². The van der Waals surface area contributed by atoms with Crippen LogP contribution in [0.3, 0.4) is 0 Å². The number of hydrogen-bond acceptors (Lipinski definition) is 6. The van der Waals surface area contributed by atoms with E-state index in [0.29, 0.717) is 17.3 Å². The molecule has 8 heteroatoms. The first-order valence-electron chi connectivity index (χ1n) is 6.37. The maximum absolute atomic E-state index is 13.6. The summed E-state index contributed by atoms with van der Waals surface area (Å²) < 4.78 is 18.8. The van der Waals surface area contributed by atoms with Gasteiger partial charge in [-0.05, 0) is 12.1 Å². The van der Waals surface area contributed by atoms with Gasteiger partial charge in [-0.25, -0.2) is 14.4 Å². The molecule has 2 aromatic heterocycles. The van der Waals surface area contributed by atoms with Crippen molar-refractivity contribution in [2.75, 3.05) is 12.4 Å². The van der Waals surface area contributed by atoms with E-state index in [1.807, 2.05) is 0 Å². The molecule has 0 aliphatic rings. The van der Waals surface area contributed by atoms with E-state index in [0.717, 1.165) is 0 Å². The van der Waals surface area contributed by atoms with Gasteiger partial charge in [-0.2, -0.15) is 10.2 Å². The molecule has 2 rings (SSSR count). The van der Waals surface area contributed by atoms with Crippen LogP contribution in [0.25, 0.3) is 5.57 Å². The second-order valence-corrected chi connectivity index (χ2v) is 4.76. The van der Waals surface area contributed by atoms with E-state index in [1.54, 1.807) is 6.07 Å². The second-order valence-electron chi connectivity index (χ2n) is 4.28. The molecule has 0 atom stereocenters. The minimum Gasteiger partial charge on any atom is -0.491 e. The Morgan fingerprint density at radius 1 is 1.35 bits per heavy atom. The molecular formula is C15H13ClFN5O. The molecule has 6 nitrogen and oxygen atoms in total. The Kier molecular flexibility index (Phi) is 5.37. The molecule has 0 saturated heterocycles. The van der Waals surface area contributed by atoms with Crippen molar-refractivity contribution in [1.82, 2.24) is 20.2 Å². The van der Waals surface area contributed by atoms with Crippen LogP contribution in [0.1, 0.15) is 5.82 Å². The maximum Gasteiger partial charge on any atom is 0.179 e. The van der Waals surface area contributed by atoms with E-state index in [1.165, 1.54) is 31.8 Å². The summed E-state index contributed by atoms with van der Waals surface area (Å²) in [5.41, 5.74) is 0.665. The number of aromatic nitrogens is 4. The molecule has 0 bridgehead atoms. The summed E-state index contributed by atoms with van der Waals surface area (Å²) in [4.78, 5) is 8.30. The van der Waals surface area contributed by atoms with Gasteiger partial charge in [-0.15, -0.1) is 0 Å². The van der Waals surface area contributed by atoms with Crippen molar-refractivity contribution in [3.05, 3.63) is 60.6 Å². The van der Waals surface area contributed by atoms with Crippen molar-refractivity contribution < 1.29 is 9.13 Å². The van der Waals surface area contributed by atoms with Gasteiger partial charge in [0.15, 0.2) is 17.4 Å². The average Bonchev–Trinajstić information content (AvgIpc) is 2.53. The minimum absolute atomic E-state index is 0.0311. The molecule has 0 spiro atoms. The Hall–Kier alpha value is -2.80. The molecule has 0 aliphatic heterocycles. The van der Waals surface area contributed by atoms with E-state index >= 15 is 0 Å². The van der Waals surface area contributed by atoms with Crippen LogP contribution in [0.2, 0.25) is 0 Å².